The van der Waals surface area contributed by atoms with E-state index in [1.807, 2.05) is 6.92 Å². The molecule has 0 aromatic carbocycles. The number of aromatic carboxylic acids is 1. The van der Waals surface area contributed by atoms with Crippen LogP contribution in [0.3, 0.4) is 0 Å². The second-order valence-electron chi connectivity index (χ2n) is 3.78. The number of amides is 1. The highest BCUT2D eigenvalue weighted by atomic mass is 32.1. The van der Waals surface area contributed by atoms with Gasteiger partial charge < -0.3 is 10.0 Å². The summed E-state index contributed by atoms with van der Waals surface area (Å²) in [5.74, 6) is -0.749. The number of nitrogens with zero attached hydrogens (tertiary/aromatic N) is 1. The Morgan fingerprint density at radius 2 is 2.31 bits per heavy atom. The summed E-state index contributed by atoms with van der Waals surface area (Å²) >= 11 is 1.33. The largest absolute Gasteiger partial charge is 0.477 e. The molecule has 1 amide bonds. The second kappa shape index (κ2) is 4.25. The van der Waals surface area contributed by atoms with Crippen LogP contribution in [-0.2, 0) is 17.8 Å². The van der Waals surface area contributed by atoms with Gasteiger partial charge in [0, 0.05) is 24.4 Å². The average molecular weight is 239 g/mol. The van der Waals surface area contributed by atoms with Crippen LogP contribution in [0.5, 0.6) is 0 Å². The first kappa shape index (κ1) is 11.1. The van der Waals surface area contributed by atoms with Crippen molar-refractivity contribution < 1.29 is 14.7 Å². The normalized spacial score (nSPS) is 14.7. The van der Waals surface area contributed by atoms with Crippen LogP contribution in [0.1, 0.15) is 33.5 Å². The highest BCUT2D eigenvalue weighted by molar-refractivity contribution is 7.14. The van der Waals surface area contributed by atoms with Crippen molar-refractivity contribution in [3.05, 3.63) is 21.4 Å². The molecule has 1 N–H and O–H groups in total. The third-order valence-corrected chi connectivity index (χ3v) is 3.96. The maximum absolute atomic E-state index is 11.5. The minimum atomic E-state index is -0.882. The predicted molar refractivity (Wildman–Crippen MR) is 60.7 cm³/mol. The van der Waals surface area contributed by atoms with E-state index in [0.717, 1.165) is 16.9 Å². The van der Waals surface area contributed by atoms with Gasteiger partial charge in [-0.1, -0.05) is 6.92 Å². The van der Waals surface area contributed by atoms with E-state index >= 15 is 0 Å². The molecule has 0 fully saturated rings. The summed E-state index contributed by atoms with van der Waals surface area (Å²) < 4.78 is 0. The van der Waals surface area contributed by atoms with Crippen molar-refractivity contribution in [2.24, 2.45) is 0 Å². The van der Waals surface area contributed by atoms with Crippen molar-refractivity contribution in [3.8, 4) is 0 Å². The summed E-state index contributed by atoms with van der Waals surface area (Å²) in [5.41, 5.74) is 0.996. The van der Waals surface area contributed by atoms with E-state index in [2.05, 4.69) is 0 Å². The monoisotopic (exact) mass is 239 g/mol. The number of carbonyl (C=O) groups is 2. The van der Waals surface area contributed by atoms with E-state index in [1.54, 1.807) is 11.0 Å². The Balaban J connectivity index is 2.20. The van der Waals surface area contributed by atoms with Crippen LogP contribution in [0, 0.1) is 0 Å². The molecule has 1 aromatic heterocycles. The molecule has 5 heteroatoms. The van der Waals surface area contributed by atoms with E-state index in [4.69, 9.17) is 5.11 Å². The fourth-order valence-corrected chi connectivity index (χ4v) is 2.88. The fourth-order valence-electron chi connectivity index (χ4n) is 1.87. The lowest BCUT2D eigenvalue weighted by atomic mass is 10.1. The third kappa shape index (κ3) is 1.95. The van der Waals surface area contributed by atoms with E-state index in [0.29, 0.717) is 24.4 Å². The highest BCUT2D eigenvalue weighted by Crippen LogP contribution is 2.28. The molecule has 16 heavy (non-hydrogen) atoms. The summed E-state index contributed by atoms with van der Waals surface area (Å²) in [6, 6.07) is 1.69. The number of fused-ring (bicyclic) bond motifs is 1. The molecular weight excluding hydrogens is 226 g/mol. The van der Waals surface area contributed by atoms with Gasteiger partial charge in [0.05, 0.1) is 0 Å². The lowest BCUT2D eigenvalue weighted by molar-refractivity contribution is -0.131. The Hall–Kier alpha value is -1.36. The van der Waals surface area contributed by atoms with Crippen molar-refractivity contribution in [2.75, 3.05) is 6.54 Å². The molecule has 4 nitrogen and oxygen atoms in total. The van der Waals surface area contributed by atoms with E-state index in [1.165, 1.54) is 11.3 Å². The van der Waals surface area contributed by atoms with Gasteiger partial charge in [0.25, 0.3) is 0 Å². The zero-order chi connectivity index (χ0) is 11.7. The number of hydrogen-bond acceptors (Lipinski definition) is 3. The number of carbonyl (C=O) groups excluding carboxylic acids is 1. The van der Waals surface area contributed by atoms with Crippen LogP contribution < -0.4 is 0 Å². The Kier molecular flexibility index (Phi) is 2.96. The van der Waals surface area contributed by atoms with Gasteiger partial charge in [-0.3, -0.25) is 4.79 Å². The van der Waals surface area contributed by atoms with Gasteiger partial charge in [-0.25, -0.2) is 4.79 Å². The fraction of sp³-hybridized carbons (Fsp3) is 0.455. The number of hydrogen-bond donors (Lipinski definition) is 1. The van der Waals surface area contributed by atoms with E-state index in [-0.39, 0.29) is 5.91 Å². The van der Waals surface area contributed by atoms with Gasteiger partial charge >= 0.3 is 5.97 Å². The number of rotatable bonds is 2. The van der Waals surface area contributed by atoms with Crippen LogP contribution in [0.25, 0.3) is 0 Å². The zero-order valence-electron chi connectivity index (χ0n) is 9.02. The molecule has 0 spiro atoms. The summed E-state index contributed by atoms with van der Waals surface area (Å²) in [6.07, 6.45) is 1.28. The summed E-state index contributed by atoms with van der Waals surface area (Å²) in [7, 11) is 0. The Labute approximate surface area is 97.5 Å². The Morgan fingerprint density at radius 3 is 2.94 bits per heavy atom. The van der Waals surface area contributed by atoms with Gasteiger partial charge in [-0.2, -0.15) is 0 Å². The summed E-state index contributed by atoms with van der Waals surface area (Å²) in [4.78, 5) is 25.6. The molecule has 0 unspecified atom stereocenters. The number of carboxylic acid groups (broad SMARTS) is 1. The van der Waals surface area contributed by atoms with Gasteiger partial charge in [-0.15, -0.1) is 11.3 Å². The van der Waals surface area contributed by atoms with Gasteiger partial charge in [0.2, 0.25) is 5.91 Å². The highest BCUT2D eigenvalue weighted by Gasteiger charge is 2.23. The molecule has 0 radical (unpaired) electrons. The minimum Gasteiger partial charge on any atom is -0.477 e. The molecule has 0 atom stereocenters. The quantitative estimate of drug-likeness (QED) is 0.855. The molecule has 2 rings (SSSR count). The van der Waals surface area contributed by atoms with Crippen molar-refractivity contribution >= 4 is 23.2 Å². The van der Waals surface area contributed by atoms with Gasteiger partial charge in [0.15, 0.2) is 0 Å². The van der Waals surface area contributed by atoms with Crippen LogP contribution in [-0.4, -0.2) is 28.4 Å². The third-order valence-electron chi connectivity index (χ3n) is 2.73. The van der Waals surface area contributed by atoms with Crippen LogP contribution in [0.4, 0.5) is 0 Å². The lowest BCUT2D eigenvalue weighted by Crippen LogP contribution is -2.34. The molecule has 0 bridgehead atoms. The first-order valence-electron chi connectivity index (χ1n) is 5.24. The molecule has 86 valence electrons. The second-order valence-corrected chi connectivity index (χ2v) is 4.92. The van der Waals surface area contributed by atoms with Crippen LogP contribution in [0.2, 0.25) is 0 Å². The number of thiophene rings is 1. The number of carboxylic acids is 1. The van der Waals surface area contributed by atoms with Crippen molar-refractivity contribution in [2.45, 2.75) is 26.3 Å². The summed E-state index contributed by atoms with van der Waals surface area (Å²) in [6.45, 7) is 3.11. The molecule has 0 saturated heterocycles. The molecule has 0 aliphatic carbocycles. The smallest absolute Gasteiger partial charge is 0.345 e. The first-order chi connectivity index (χ1) is 7.61. The first-order valence-corrected chi connectivity index (χ1v) is 6.06. The van der Waals surface area contributed by atoms with E-state index < -0.39 is 5.97 Å². The Bertz CT molecular complexity index is 438. The van der Waals surface area contributed by atoms with E-state index in [9.17, 15) is 9.59 Å². The average Bonchev–Trinajstić information content (AvgIpc) is 2.70. The molecular formula is C11H13NO3S. The maximum Gasteiger partial charge on any atom is 0.345 e. The molecule has 1 aromatic rings. The van der Waals surface area contributed by atoms with Crippen molar-refractivity contribution in [3.63, 3.8) is 0 Å². The topological polar surface area (TPSA) is 57.6 Å². The van der Waals surface area contributed by atoms with Crippen LogP contribution >= 0.6 is 11.3 Å². The van der Waals surface area contributed by atoms with Crippen LogP contribution in [0.15, 0.2) is 6.07 Å². The maximum atomic E-state index is 11.5. The Morgan fingerprint density at radius 1 is 1.56 bits per heavy atom. The van der Waals surface area contributed by atoms with Crippen molar-refractivity contribution in [1.29, 1.82) is 0 Å². The molecule has 2 heterocycles. The standard InChI is InChI=1S/C11H13NO3S/c1-2-10(13)12-4-3-8-7(6-12)5-9(16-8)11(14)15/h5H,2-4,6H2,1H3,(H,14,15). The molecule has 1 aliphatic rings. The lowest BCUT2D eigenvalue weighted by Gasteiger charge is -2.26. The summed E-state index contributed by atoms with van der Waals surface area (Å²) in [5, 5.41) is 8.89. The van der Waals surface area contributed by atoms with Crippen molar-refractivity contribution in [1.82, 2.24) is 4.90 Å². The predicted octanol–water partition coefficient (Wildman–Crippen LogP) is 1.74. The minimum absolute atomic E-state index is 0.133. The van der Waals surface area contributed by atoms with Gasteiger partial charge in [-0.05, 0) is 18.1 Å². The zero-order valence-corrected chi connectivity index (χ0v) is 9.84. The molecule has 1 aliphatic heterocycles. The van der Waals surface area contributed by atoms with Gasteiger partial charge in [0.1, 0.15) is 4.88 Å². The SMILES string of the molecule is CCC(=O)N1CCc2sc(C(=O)O)cc2C1. The molecule has 0 saturated carbocycles.